The van der Waals surface area contributed by atoms with Crippen molar-refractivity contribution in [1.82, 2.24) is 0 Å². The van der Waals surface area contributed by atoms with Crippen molar-refractivity contribution in [2.45, 2.75) is 38.9 Å². The molecule has 0 spiro atoms. The molecule has 0 N–H and O–H groups in total. The van der Waals surface area contributed by atoms with Crippen molar-refractivity contribution in [2.24, 2.45) is 0 Å². The zero-order chi connectivity index (χ0) is 19.6. The van der Waals surface area contributed by atoms with Crippen LogP contribution in [-0.4, -0.2) is 19.5 Å². The van der Waals surface area contributed by atoms with Gasteiger partial charge in [-0.3, -0.25) is 0 Å². The van der Waals surface area contributed by atoms with Crippen molar-refractivity contribution in [2.75, 3.05) is 0 Å². The maximum absolute atomic E-state index is 6.30. The molecule has 0 saturated carbocycles. The summed E-state index contributed by atoms with van der Waals surface area (Å²) in [5, 5.41) is 2.70. The minimum atomic E-state index is -0.731. The van der Waals surface area contributed by atoms with E-state index in [1.54, 1.807) is 0 Å². The summed E-state index contributed by atoms with van der Waals surface area (Å²) in [7, 11) is -1.46. The molecule has 146 valence electrons. The van der Waals surface area contributed by atoms with Crippen molar-refractivity contribution >= 4 is 29.9 Å². The van der Waals surface area contributed by atoms with Gasteiger partial charge >= 0.3 is 0 Å². The van der Waals surface area contributed by atoms with E-state index in [1.165, 1.54) is 21.5 Å². The van der Waals surface area contributed by atoms with Crippen LogP contribution in [0.2, 0.25) is 0 Å². The van der Waals surface area contributed by atoms with E-state index in [2.05, 4.69) is 98.8 Å². The first-order chi connectivity index (χ1) is 13.8. The number of hydrogen-bond acceptors (Lipinski definition) is 2. The average molecular weight is 407 g/mol. The van der Waals surface area contributed by atoms with Crippen LogP contribution in [0.4, 0.5) is 0 Å². The Morgan fingerprint density at radius 3 is 1.25 bits per heavy atom. The zero-order valence-electron chi connectivity index (χ0n) is 16.9. The van der Waals surface area contributed by atoms with Gasteiger partial charge in [-0.1, -0.05) is 98.8 Å². The van der Waals surface area contributed by atoms with Crippen molar-refractivity contribution in [3.05, 3.63) is 96.1 Å². The summed E-state index contributed by atoms with van der Waals surface area (Å²) < 4.78 is 12.6. The molecular weight excluding hydrogens is 376 g/mol. The average Bonchev–Trinajstić information content (AvgIpc) is 2.77. The van der Waals surface area contributed by atoms with Crippen LogP contribution in [0.5, 0.6) is 0 Å². The fourth-order valence-corrected chi connectivity index (χ4v) is 5.86. The predicted octanol–water partition coefficient (Wildman–Crippen LogP) is 3.44. The van der Waals surface area contributed by atoms with Gasteiger partial charge in [-0.25, -0.2) is 0 Å². The third-order valence-electron chi connectivity index (χ3n) is 5.01. The third-order valence-corrected chi connectivity index (χ3v) is 7.76. The predicted molar refractivity (Wildman–Crippen MR) is 124 cm³/mol. The topological polar surface area (TPSA) is 18.5 Å². The highest BCUT2D eigenvalue weighted by Gasteiger charge is 2.11. The van der Waals surface area contributed by atoms with E-state index in [4.69, 9.17) is 8.85 Å². The Balaban J connectivity index is 1.52. The second kappa shape index (κ2) is 11.1. The van der Waals surface area contributed by atoms with Crippen LogP contribution >= 0.6 is 0 Å². The molecule has 3 rings (SSSR count). The highest BCUT2D eigenvalue weighted by Crippen LogP contribution is 2.20. The molecule has 0 radical (unpaired) electrons. The normalized spacial score (nSPS) is 14.1. The van der Waals surface area contributed by atoms with E-state index in [-0.39, 0.29) is 12.2 Å². The Morgan fingerprint density at radius 1 is 0.571 bits per heavy atom. The molecule has 3 aromatic carbocycles. The summed E-state index contributed by atoms with van der Waals surface area (Å²) in [5.41, 5.74) is 2.56. The first kappa shape index (κ1) is 20.7. The summed E-state index contributed by atoms with van der Waals surface area (Å²) in [6.07, 6.45) is 2.43. The molecule has 0 amide bonds. The quantitative estimate of drug-likeness (QED) is 0.480. The molecule has 0 aromatic heterocycles. The highest BCUT2D eigenvalue weighted by atomic mass is 28.2. The SMILES string of the molecule is CCC(O[SiH2]c1ccc([SiH2]OC(CC)c2ccccc2)cc1)c1ccccc1. The molecule has 0 aliphatic rings. The number of hydrogen-bond donors (Lipinski definition) is 0. The summed E-state index contributed by atoms with van der Waals surface area (Å²) in [6, 6.07) is 30.0. The molecule has 4 heteroatoms. The van der Waals surface area contributed by atoms with Gasteiger partial charge in [-0.15, -0.1) is 0 Å². The lowest BCUT2D eigenvalue weighted by Crippen LogP contribution is -2.25. The largest absolute Gasteiger partial charge is 0.412 e. The molecule has 0 heterocycles. The van der Waals surface area contributed by atoms with Crippen LogP contribution < -0.4 is 10.4 Å². The van der Waals surface area contributed by atoms with Gasteiger partial charge in [0, 0.05) is 0 Å². The fraction of sp³-hybridized carbons (Fsp3) is 0.250. The first-order valence-corrected chi connectivity index (χ1v) is 12.8. The van der Waals surface area contributed by atoms with Gasteiger partial charge in [0.1, 0.15) is 0 Å². The van der Waals surface area contributed by atoms with Gasteiger partial charge in [0.05, 0.1) is 12.2 Å². The molecule has 28 heavy (non-hydrogen) atoms. The minimum absolute atomic E-state index is 0.210. The van der Waals surface area contributed by atoms with Crippen molar-refractivity contribution in [3.63, 3.8) is 0 Å². The van der Waals surface area contributed by atoms with Gasteiger partial charge in [-0.2, -0.15) is 0 Å². The Hall–Kier alpha value is -1.99. The molecule has 0 bridgehead atoms. The second-order valence-electron chi connectivity index (χ2n) is 7.05. The van der Waals surface area contributed by atoms with Crippen LogP contribution in [0.3, 0.4) is 0 Å². The van der Waals surface area contributed by atoms with E-state index in [0.717, 1.165) is 12.8 Å². The Kier molecular flexibility index (Phi) is 8.24. The second-order valence-corrected chi connectivity index (χ2v) is 9.93. The lowest BCUT2D eigenvalue weighted by Gasteiger charge is -2.18. The van der Waals surface area contributed by atoms with E-state index < -0.39 is 19.5 Å². The van der Waals surface area contributed by atoms with Crippen molar-refractivity contribution in [3.8, 4) is 0 Å². The van der Waals surface area contributed by atoms with Crippen LogP contribution in [0, 0.1) is 0 Å². The van der Waals surface area contributed by atoms with Crippen LogP contribution in [0.15, 0.2) is 84.9 Å². The zero-order valence-corrected chi connectivity index (χ0v) is 19.7. The Morgan fingerprint density at radius 2 is 0.929 bits per heavy atom. The standard InChI is InChI=1S/C24H30O2Si2/c1-3-23(19-11-7-5-8-12-19)25-27-21-15-17-22(18-16-21)28-26-24(4-2)20-13-9-6-10-14-20/h5-18,23-24H,3-4,27-28H2,1-2H3. The van der Waals surface area contributed by atoms with E-state index in [1.807, 2.05) is 0 Å². The highest BCUT2D eigenvalue weighted by molar-refractivity contribution is 6.49. The van der Waals surface area contributed by atoms with Crippen molar-refractivity contribution in [1.29, 1.82) is 0 Å². The first-order valence-electron chi connectivity index (χ1n) is 10.2. The van der Waals surface area contributed by atoms with E-state index >= 15 is 0 Å². The summed E-state index contributed by atoms with van der Waals surface area (Å²) in [5.74, 6) is 0. The Labute approximate surface area is 173 Å². The Bertz CT molecular complexity index is 737. The van der Waals surface area contributed by atoms with E-state index in [9.17, 15) is 0 Å². The molecule has 0 aliphatic heterocycles. The van der Waals surface area contributed by atoms with Gasteiger partial charge in [0.15, 0.2) is 19.5 Å². The summed E-state index contributed by atoms with van der Waals surface area (Å²) in [6.45, 7) is 4.38. The maximum Gasteiger partial charge on any atom is 0.193 e. The van der Waals surface area contributed by atoms with Crippen molar-refractivity contribution < 1.29 is 8.85 Å². The molecule has 2 atom stereocenters. The maximum atomic E-state index is 6.30. The molecule has 0 saturated heterocycles. The van der Waals surface area contributed by atoms with Crippen LogP contribution in [-0.2, 0) is 8.85 Å². The van der Waals surface area contributed by atoms with Crippen LogP contribution in [0.25, 0.3) is 0 Å². The van der Waals surface area contributed by atoms with Gasteiger partial charge in [0.25, 0.3) is 0 Å². The molecule has 0 aliphatic carbocycles. The number of benzene rings is 3. The summed E-state index contributed by atoms with van der Waals surface area (Å²) >= 11 is 0. The molecular formula is C24H30O2Si2. The third kappa shape index (κ3) is 6.01. The molecule has 3 aromatic rings. The molecule has 2 nitrogen and oxygen atoms in total. The molecule has 0 fully saturated rings. The number of rotatable bonds is 10. The molecule has 2 unspecified atom stereocenters. The lowest BCUT2D eigenvalue weighted by molar-refractivity contribution is 0.216. The van der Waals surface area contributed by atoms with E-state index in [0.29, 0.717) is 0 Å². The lowest BCUT2D eigenvalue weighted by atomic mass is 10.1. The monoisotopic (exact) mass is 406 g/mol. The fourth-order valence-electron chi connectivity index (χ4n) is 3.36. The van der Waals surface area contributed by atoms with Crippen LogP contribution in [0.1, 0.15) is 50.0 Å². The smallest absolute Gasteiger partial charge is 0.193 e. The minimum Gasteiger partial charge on any atom is -0.412 e. The van der Waals surface area contributed by atoms with Gasteiger partial charge in [0.2, 0.25) is 0 Å². The van der Waals surface area contributed by atoms with Gasteiger partial charge in [-0.05, 0) is 34.3 Å². The summed E-state index contributed by atoms with van der Waals surface area (Å²) in [4.78, 5) is 0. The van der Waals surface area contributed by atoms with Gasteiger partial charge < -0.3 is 8.85 Å².